The summed E-state index contributed by atoms with van der Waals surface area (Å²) < 4.78 is 26.8. The van der Waals surface area contributed by atoms with E-state index in [1.165, 1.54) is 7.05 Å². The van der Waals surface area contributed by atoms with Gasteiger partial charge < -0.3 is 4.90 Å². The number of hydrogen-bond donors (Lipinski definition) is 0. The zero-order valence-electron chi connectivity index (χ0n) is 10.7. The predicted octanol–water partition coefficient (Wildman–Crippen LogP) is 3.55. The van der Waals surface area contributed by atoms with E-state index in [2.05, 4.69) is 0 Å². The summed E-state index contributed by atoms with van der Waals surface area (Å²) in [7, 11) is 1.42. The molecule has 2 nitrogen and oxygen atoms in total. The number of nitrogens with zero attached hydrogens (tertiary/aromatic N) is 1. The topological polar surface area (TPSA) is 20.3 Å². The molecule has 0 fully saturated rings. The van der Waals surface area contributed by atoms with Gasteiger partial charge in [0.25, 0.3) is 5.91 Å². The van der Waals surface area contributed by atoms with E-state index in [1.54, 1.807) is 25.1 Å². The molecule has 4 heteroatoms. The molecule has 0 saturated heterocycles. The number of amides is 1. The summed E-state index contributed by atoms with van der Waals surface area (Å²) in [6.07, 6.45) is 0. The van der Waals surface area contributed by atoms with E-state index < -0.39 is 11.6 Å². The second-order valence-electron chi connectivity index (χ2n) is 4.27. The largest absolute Gasteiger partial charge is 0.309 e. The maximum absolute atomic E-state index is 13.6. The van der Waals surface area contributed by atoms with Crippen LogP contribution in [-0.4, -0.2) is 13.0 Å². The lowest BCUT2D eigenvalue weighted by Gasteiger charge is -2.19. The molecule has 0 heterocycles. The molecule has 0 N–H and O–H groups in total. The molecule has 0 spiro atoms. The van der Waals surface area contributed by atoms with Crippen LogP contribution in [0.1, 0.15) is 15.9 Å². The number of rotatable bonds is 2. The molecule has 98 valence electrons. The lowest BCUT2D eigenvalue weighted by Crippen LogP contribution is -2.27. The van der Waals surface area contributed by atoms with E-state index in [4.69, 9.17) is 0 Å². The Morgan fingerprint density at radius 1 is 1.11 bits per heavy atom. The molecule has 0 aliphatic carbocycles. The van der Waals surface area contributed by atoms with E-state index in [0.29, 0.717) is 5.56 Å². The van der Waals surface area contributed by atoms with E-state index in [-0.39, 0.29) is 11.6 Å². The van der Waals surface area contributed by atoms with Crippen LogP contribution in [0, 0.1) is 18.6 Å². The van der Waals surface area contributed by atoms with Crippen molar-refractivity contribution < 1.29 is 13.6 Å². The van der Waals surface area contributed by atoms with E-state index in [0.717, 1.165) is 28.7 Å². The zero-order valence-corrected chi connectivity index (χ0v) is 10.7. The van der Waals surface area contributed by atoms with Gasteiger partial charge in [-0.05, 0) is 30.7 Å². The van der Waals surface area contributed by atoms with Gasteiger partial charge in [0.1, 0.15) is 11.6 Å². The normalized spacial score (nSPS) is 10.3. The van der Waals surface area contributed by atoms with Crippen LogP contribution in [0.15, 0.2) is 42.5 Å². The zero-order chi connectivity index (χ0) is 14.0. The Labute approximate surface area is 110 Å². The lowest BCUT2D eigenvalue weighted by atomic mass is 10.1. The SMILES string of the molecule is Cc1ccccc1C(=O)N(C)c1cc(F)ccc1F. The molecule has 0 aliphatic heterocycles. The van der Waals surface area contributed by atoms with Crippen LogP contribution in [0.25, 0.3) is 0 Å². The summed E-state index contributed by atoms with van der Waals surface area (Å²) in [5.41, 5.74) is 1.18. The number of anilines is 1. The van der Waals surface area contributed by atoms with Crippen molar-refractivity contribution in [1.82, 2.24) is 0 Å². The second-order valence-corrected chi connectivity index (χ2v) is 4.27. The van der Waals surface area contributed by atoms with Crippen molar-refractivity contribution >= 4 is 11.6 Å². The molecule has 0 radical (unpaired) electrons. The highest BCUT2D eigenvalue weighted by molar-refractivity contribution is 6.06. The van der Waals surface area contributed by atoms with Crippen molar-refractivity contribution in [2.45, 2.75) is 6.92 Å². The Bertz CT molecular complexity index is 625. The van der Waals surface area contributed by atoms with Gasteiger partial charge in [0.15, 0.2) is 0 Å². The van der Waals surface area contributed by atoms with Crippen molar-refractivity contribution in [2.75, 3.05) is 11.9 Å². The van der Waals surface area contributed by atoms with Crippen LogP contribution in [-0.2, 0) is 0 Å². The smallest absolute Gasteiger partial charge is 0.258 e. The first-order valence-corrected chi connectivity index (χ1v) is 5.79. The molecule has 1 amide bonds. The summed E-state index contributed by atoms with van der Waals surface area (Å²) >= 11 is 0. The molecule has 0 atom stereocenters. The summed E-state index contributed by atoms with van der Waals surface area (Å²) in [4.78, 5) is 13.4. The van der Waals surface area contributed by atoms with Crippen LogP contribution < -0.4 is 4.90 Å². The fourth-order valence-corrected chi connectivity index (χ4v) is 1.85. The average Bonchev–Trinajstić information content (AvgIpc) is 2.40. The number of benzene rings is 2. The minimum atomic E-state index is -0.633. The maximum Gasteiger partial charge on any atom is 0.258 e. The van der Waals surface area contributed by atoms with Crippen LogP contribution in [0.2, 0.25) is 0 Å². The van der Waals surface area contributed by atoms with Gasteiger partial charge in [-0.3, -0.25) is 4.79 Å². The Kier molecular flexibility index (Phi) is 3.60. The van der Waals surface area contributed by atoms with Gasteiger partial charge in [0.05, 0.1) is 5.69 Å². The van der Waals surface area contributed by atoms with E-state index in [9.17, 15) is 13.6 Å². The molecule has 0 aliphatic rings. The van der Waals surface area contributed by atoms with E-state index >= 15 is 0 Å². The summed E-state index contributed by atoms with van der Waals surface area (Å²) in [5, 5.41) is 0. The molecule has 2 rings (SSSR count). The van der Waals surface area contributed by atoms with Gasteiger partial charge in [-0.1, -0.05) is 18.2 Å². The van der Waals surface area contributed by atoms with Crippen LogP contribution in [0.4, 0.5) is 14.5 Å². The maximum atomic E-state index is 13.6. The molecule has 2 aromatic rings. The Balaban J connectivity index is 2.39. The first kappa shape index (κ1) is 13.2. The molecule has 0 bridgehead atoms. The van der Waals surface area contributed by atoms with Crippen LogP contribution >= 0.6 is 0 Å². The standard InChI is InChI=1S/C15H13F2NO/c1-10-5-3-4-6-12(10)15(19)18(2)14-9-11(16)7-8-13(14)17/h3-9H,1-2H3. The van der Waals surface area contributed by atoms with Gasteiger partial charge >= 0.3 is 0 Å². The Morgan fingerprint density at radius 3 is 2.47 bits per heavy atom. The molecule has 0 unspecified atom stereocenters. The summed E-state index contributed by atoms with van der Waals surface area (Å²) in [6.45, 7) is 1.79. The van der Waals surface area contributed by atoms with Gasteiger partial charge in [0, 0.05) is 18.7 Å². The second kappa shape index (κ2) is 5.18. The number of aryl methyl sites for hydroxylation is 1. The fourth-order valence-electron chi connectivity index (χ4n) is 1.85. The minimum absolute atomic E-state index is 0.0757. The molecule has 0 aromatic heterocycles. The lowest BCUT2D eigenvalue weighted by molar-refractivity contribution is 0.0991. The minimum Gasteiger partial charge on any atom is -0.309 e. The first-order chi connectivity index (χ1) is 9.00. The molecule has 19 heavy (non-hydrogen) atoms. The number of hydrogen-bond acceptors (Lipinski definition) is 1. The van der Waals surface area contributed by atoms with Gasteiger partial charge in [-0.25, -0.2) is 8.78 Å². The van der Waals surface area contributed by atoms with Gasteiger partial charge in [-0.15, -0.1) is 0 Å². The van der Waals surface area contributed by atoms with Crippen LogP contribution in [0.5, 0.6) is 0 Å². The average molecular weight is 261 g/mol. The van der Waals surface area contributed by atoms with Crippen molar-refractivity contribution in [3.05, 3.63) is 65.2 Å². The third-order valence-corrected chi connectivity index (χ3v) is 2.95. The summed E-state index contributed by atoms with van der Waals surface area (Å²) in [6, 6.07) is 10.0. The molecule has 0 saturated carbocycles. The van der Waals surface area contributed by atoms with Gasteiger partial charge in [-0.2, -0.15) is 0 Å². The highest BCUT2D eigenvalue weighted by Gasteiger charge is 2.18. The van der Waals surface area contributed by atoms with Crippen molar-refractivity contribution in [1.29, 1.82) is 0 Å². The molecular formula is C15H13F2NO. The third kappa shape index (κ3) is 2.62. The monoisotopic (exact) mass is 261 g/mol. The first-order valence-electron chi connectivity index (χ1n) is 5.79. The predicted molar refractivity (Wildman–Crippen MR) is 70.3 cm³/mol. The molecular weight excluding hydrogens is 248 g/mol. The van der Waals surface area contributed by atoms with Crippen molar-refractivity contribution in [3.63, 3.8) is 0 Å². The Morgan fingerprint density at radius 2 is 1.79 bits per heavy atom. The van der Waals surface area contributed by atoms with E-state index in [1.807, 2.05) is 6.07 Å². The quantitative estimate of drug-likeness (QED) is 0.809. The highest BCUT2D eigenvalue weighted by Crippen LogP contribution is 2.22. The number of halogens is 2. The third-order valence-electron chi connectivity index (χ3n) is 2.95. The van der Waals surface area contributed by atoms with Crippen molar-refractivity contribution in [2.24, 2.45) is 0 Å². The highest BCUT2D eigenvalue weighted by atomic mass is 19.1. The Hall–Kier alpha value is -2.23. The number of carbonyl (C=O) groups excluding carboxylic acids is 1. The summed E-state index contributed by atoms with van der Waals surface area (Å²) in [5.74, 6) is -1.59. The fraction of sp³-hybridized carbons (Fsp3) is 0.133. The van der Waals surface area contributed by atoms with Crippen molar-refractivity contribution in [3.8, 4) is 0 Å². The van der Waals surface area contributed by atoms with Gasteiger partial charge in [0.2, 0.25) is 0 Å². The number of carbonyl (C=O) groups is 1. The van der Waals surface area contributed by atoms with Crippen LogP contribution in [0.3, 0.4) is 0 Å². The molecule has 2 aromatic carbocycles.